The van der Waals surface area contributed by atoms with Gasteiger partial charge in [0.1, 0.15) is 5.69 Å². The smallest absolute Gasteiger partial charge is 0.227 e. The van der Waals surface area contributed by atoms with E-state index < -0.39 is 0 Å². The van der Waals surface area contributed by atoms with Crippen LogP contribution in [0.5, 0.6) is 0 Å². The summed E-state index contributed by atoms with van der Waals surface area (Å²) in [4.78, 5) is 23.1. The lowest BCUT2D eigenvalue weighted by Gasteiger charge is -2.28. The average Bonchev–Trinajstić information content (AvgIpc) is 3.23. The molecule has 4 rings (SSSR count). The number of benzene rings is 1. The normalized spacial score (nSPS) is 14.1. The van der Waals surface area contributed by atoms with Gasteiger partial charge in [-0.2, -0.15) is 4.98 Å². The Morgan fingerprint density at radius 3 is 2.64 bits per heavy atom. The Morgan fingerprint density at radius 2 is 1.89 bits per heavy atom. The van der Waals surface area contributed by atoms with E-state index in [0.29, 0.717) is 23.8 Å². The number of aryl methyl sites for hydroxylation is 1. The van der Waals surface area contributed by atoms with E-state index in [1.54, 1.807) is 6.20 Å². The zero-order valence-electron chi connectivity index (χ0n) is 15.7. The van der Waals surface area contributed by atoms with Crippen molar-refractivity contribution in [3.63, 3.8) is 0 Å². The van der Waals surface area contributed by atoms with Crippen molar-refractivity contribution in [1.29, 1.82) is 0 Å². The van der Waals surface area contributed by atoms with Gasteiger partial charge >= 0.3 is 0 Å². The van der Waals surface area contributed by atoms with E-state index in [9.17, 15) is 4.79 Å². The third-order valence-corrected chi connectivity index (χ3v) is 4.80. The Morgan fingerprint density at radius 1 is 1.07 bits per heavy atom. The van der Waals surface area contributed by atoms with E-state index in [1.807, 2.05) is 30.3 Å². The second-order valence-corrected chi connectivity index (χ2v) is 6.87. The molecule has 3 aromatic rings. The molecule has 7 nitrogen and oxygen atoms in total. The fourth-order valence-electron chi connectivity index (χ4n) is 3.31. The van der Waals surface area contributed by atoms with Crippen molar-refractivity contribution >= 4 is 17.3 Å². The van der Waals surface area contributed by atoms with Crippen LogP contribution in [0.2, 0.25) is 0 Å². The second kappa shape index (κ2) is 8.65. The summed E-state index contributed by atoms with van der Waals surface area (Å²) in [5, 5.41) is 6.84. The Kier molecular flexibility index (Phi) is 5.61. The number of rotatable bonds is 6. The van der Waals surface area contributed by atoms with Crippen LogP contribution < -0.4 is 10.2 Å². The number of amides is 1. The van der Waals surface area contributed by atoms with Crippen molar-refractivity contribution in [2.75, 3.05) is 23.3 Å². The third-order valence-electron chi connectivity index (χ3n) is 4.80. The molecule has 2 aromatic heterocycles. The first-order valence-electron chi connectivity index (χ1n) is 9.67. The molecule has 1 N–H and O–H groups in total. The number of carbonyl (C=O) groups is 1. The molecule has 0 aliphatic carbocycles. The number of nitrogens with one attached hydrogen (secondary N) is 1. The summed E-state index contributed by atoms with van der Waals surface area (Å²) in [5.41, 5.74) is 2.66. The molecular weight excluding hydrogens is 354 g/mol. The minimum atomic E-state index is -0.0803. The number of carbonyl (C=O) groups excluding carboxylic acids is 1. The number of piperidine rings is 1. The number of hydrogen-bond donors (Lipinski definition) is 1. The molecule has 1 aliphatic rings. The molecule has 7 heteroatoms. The summed E-state index contributed by atoms with van der Waals surface area (Å²) in [6.45, 7) is 2.22. The van der Waals surface area contributed by atoms with Gasteiger partial charge in [0.25, 0.3) is 0 Å². The van der Waals surface area contributed by atoms with E-state index in [4.69, 9.17) is 4.52 Å². The predicted molar refractivity (Wildman–Crippen MR) is 107 cm³/mol. The molecule has 0 unspecified atom stereocenters. The van der Waals surface area contributed by atoms with Gasteiger partial charge in [-0.3, -0.25) is 9.78 Å². The minimum Gasteiger partial charge on any atom is -0.372 e. The third kappa shape index (κ3) is 4.54. The Balaban J connectivity index is 1.28. The van der Waals surface area contributed by atoms with Crippen LogP contribution in [-0.2, 0) is 11.2 Å². The zero-order chi connectivity index (χ0) is 19.2. The van der Waals surface area contributed by atoms with Crippen molar-refractivity contribution in [2.45, 2.75) is 32.1 Å². The van der Waals surface area contributed by atoms with E-state index in [2.05, 4.69) is 37.5 Å². The molecule has 1 fully saturated rings. The van der Waals surface area contributed by atoms with Crippen LogP contribution >= 0.6 is 0 Å². The van der Waals surface area contributed by atoms with Gasteiger partial charge in [0, 0.05) is 43.5 Å². The summed E-state index contributed by atoms with van der Waals surface area (Å²) < 4.78 is 5.22. The molecule has 1 aromatic carbocycles. The molecule has 0 spiro atoms. The van der Waals surface area contributed by atoms with Gasteiger partial charge in [0.05, 0.1) is 0 Å². The number of nitrogens with zero attached hydrogens (tertiary/aromatic N) is 4. The highest BCUT2D eigenvalue weighted by atomic mass is 16.5. The van der Waals surface area contributed by atoms with E-state index in [-0.39, 0.29) is 12.3 Å². The fourth-order valence-corrected chi connectivity index (χ4v) is 3.31. The summed E-state index contributed by atoms with van der Waals surface area (Å²) >= 11 is 0. The van der Waals surface area contributed by atoms with Crippen molar-refractivity contribution in [2.24, 2.45) is 0 Å². The molecule has 1 aliphatic heterocycles. The number of anilines is 2. The van der Waals surface area contributed by atoms with Crippen LogP contribution in [0.1, 0.15) is 31.6 Å². The largest absolute Gasteiger partial charge is 0.372 e. The average molecular weight is 377 g/mol. The number of pyridine rings is 1. The fraction of sp³-hybridized carbons (Fsp3) is 0.333. The molecule has 0 bridgehead atoms. The quantitative estimate of drug-likeness (QED) is 0.705. The first kappa shape index (κ1) is 18.2. The van der Waals surface area contributed by atoms with Crippen LogP contribution in [0.25, 0.3) is 11.5 Å². The Bertz CT molecular complexity index is 902. The maximum Gasteiger partial charge on any atom is 0.227 e. The van der Waals surface area contributed by atoms with Crippen LogP contribution in [0.15, 0.2) is 53.2 Å². The van der Waals surface area contributed by atoms with Crippen molar-refractivity contribution in [3.05, 3.63) is 54.6 Å². The van der Waals surface area contributed by atoms with Gasteiger partial charge < -0.3 is 14.7 Å². The van der Waals surface area contributed by atoms with Gasteiger partial charge in [0.15, 0.2) is 0 Å². The van der Waals surface area contributed by atoms with Gasteiger partial charge in [-0.1, -0.05) is 11.2 Å². The molecule has 0 atom stereocenters. The SMILES string of the molecule is O=C(CCc1nc(-c2ccccn2)no1)Nc1ccc(N2CCCCC2)cc1. The molecule has 1 amide bonds. The highest BCUT2D eigenvalue weighted by molar-refractivity contribution is 5.90. The Hall–Kier alpha value is -3.22. The summed E-state index contributed by atoms with van der Waals surface area (Å²) in [7, 11) is 0. The molecule has 0 saturated carbocycles. The van der Waals surface area contributed by atoms with E-state index in [0.717, 1.165) is 18.8 Å². The van der Waals surface area contributed by atoms with Crippen molar-refractivity contribution < 1.29 is 9.32 Å². The molecule has 1 saturated heterocycles. The molecule has 144 valence electrons. The molecule has 0 radical (unpaired) electrons. The lowest BCUT2D eigenvalue weighted by molar-refractivity contribution is -0.116. The topological polar surface area (TPSA) is 84.1 Å². The van der Waals surface area contributed by atoms with Crippen molar-refractivity contribution in [1.82, 2.24) is 15.1 Å². The predicted octanol–water partition coefficient (Wildman–Crippen LogP) is 3.69. The van der Waals surface area contributed by atoms with Gasteiger partial charge in [-0.25, -0.2) is 0 Å². The van der Waals surface area contributed by atoms with E-state index in [1.165, 1.54) is 24.9 Å². The first-order chi connectivity index (χ1) is 13.8. The van der Waals surface area contributed by atoms with Crippen LogP contribution in [0.3, 0.4) is 0 Å². The van der Waals surface area contributed by atoms with Gasteiger partial charge in [0.2, 0.25) is 17.6 Å². The lowest BCUT2D eigenvalue weighted by atomic mass is 10.1. The number of aromatic nitrogens is 3. The molecule has 28 heavy (non-hydrogen) atoms. The highest BCUT2D eigenvalue weighted by Crippen LogP contribution is 2.22. The standard InChI is InChI=1S/C21H23N5O2/c27-19(11-12-20-24-21(25-28-20)18-6-2-3-13-22-18)23-16-7-9-17(10-8-16)26-14-4-1-5-15-26/h2-3,6-10,13H,1,4-5,11-12,14-15H2,(H,23,27). The second-order valence-electron chi connectivity index (χ2n) is 6.87. The first-order valence-corrected chi connectivity index (χ1v) is 9.67. The van der Waals surface area contributed by atoms with Gasteiger partial charge in [-0.05, 0) is 55.7 Å². The Labute approximate surface area is 163 Å². The summed E-state index contributed by atoms with van der Waals surface area (Å²) in [6.07, 6.45) is 6.14. The monoisotopic (exact) mass is 377 g/mol. The molecular formula is C21H23N5O2. The van der Waals surface area contributed by atoms with Crippen molar-refractivity contribution in [3.8, 4) is 11.5 Å². The van der Waals surface area contributed by atoms with E-state index >= 15 is 0 Å². The molecule has 3 heterocycles. The maximum atomic E-state index is 12.2. The number of hydrogen-bond acceptors (Lipinski definition) is 6. The summed E-state index contributed by atoms with van der Waals surface area (Å²) in [6, 6.07) is 13.5. The van der Waals surface area contributed by atoms with Crippen LogP contribution in [0.4, 0.5) is 11.4 Å². The maximum absolute atomic E-state index is 12.2. The van der Waals surface area contributed by atoms with Crippen LogP contribution in [-0.4, -0.2) is 34.1 Å². The van der Waals surface area contributed by atoms with Gasteiger partial charge in [-0.15, -0.1) is 0 Å². The summed E-state index contributed by atoms with van der Waals surface area (Å²) in [5.74, 6) is 0.781. The highest BCUT2D eigenvalue weighted by Gasteiger charge is 2.13. The minimum absolute atomic E-state index is 0.0803. The van der Waals surface area contributed by atoms with Crippen LogP contribution in [0, 0.1) is 0 Å². The lowest BCUT2D eigenvalue weighted by Crippen LogP contribution is -2.29. The zero-order valence-corrected chi connectivity index (χ0v) is 15.7.